The Morgan fingerprint density at radius 1 is 1.26 bits per heavy atom. The average molecular weight is 462 g/mol. The lowest BCUT2D eigenvalue weighted by atomic mass is 9.94. The normalized spacial score (nSPS) is 15.5. The predicted molar refractivity (Wildman–Crippen MR) is 129 cm³/mol. The van der Waals surface area contributed by atoms with Crippen molar-refractivity contribution in [3.05, 3.63) is 48.4 Å². The van der Waals surface area contributed by atoms with Crippen LogP contribution in [0.1, 0.15) is 30.1 Å². The number of imidazole rings is 1. The van der Waals surface area contributed by atoms with Crippen molar-refractivity contribution < 1.29 is 14.6 Å². The van der Waals surface area contributed by atoms with Crippen molar-refractivity contribution in [3.63, 3.8) is 0 Å². The van der Waals surface area contributed by atoms with Crippen LogP contribution in [0, 0.1) is 0 Å². The van der Waals surface area contributed by atoms with Crippen LogP contribution in [0.5, 0.6) is 5.75 Å². The topological polar surface area (TPSA) is 121 Å². The molecule has 5 rings (SSSR count). The molecule has 176 valence electrons. The van der Waals surface area contributed by atoms with Crippen molar-refractivity contribution in [1.29, 1.82) is 0 Å². The highest BCUT2D eigenvalue weighted by Crippen LogP contribution is 2.34. The summed E-state index contributed by atoms with van der Waals surface area (Å²) in [7, 11) is 3.45. The monoisotopic (exact) mass is 461 g/mol. The van der Waals surface area contributed by atoms with Crippen LogP contribution in [-0.4, -0.2) is 61.5 Å². The Morgan fingerprint density at radius 2 is 2.06 bits per heavy atom. The molecule has 0 aliphatic carbocycles. The summed E-state index contributed by atoms with van der Waals surface area (Å²) < 4.78 is 7.21. The zero-order chi connectivity index (χ0) is 23.9. The molecule has 0 atom stereocenters. The third-order valence-electron chi connectivity index (χ3n) is 6.25. The number of nitrogens with one attached hydrogen (secondary N) is 2. The lowest BCUT2D eigenvalue weighted by molar-refractivity contribution is 0.0350. The second-order valence-electron chi connectivity index (χ2n) is 8.87. The summed E-state index contributed by atoms with van der Waals surface area (Å²) in [6.45, 7) is 3.22. The molecule has 1 saturated heterocycles. The number of benzene rings is 1. The van der Waals surface area contributed by atoms with Crippen molar-refractivity contribution in [2.45, 2.75) is 25.4 Å². The van der Waals surface area contributed by atoms with Crippen molar-refractivity contribution in [2.24, 2.45) is 7.05 Å². The molecule has 3 aromatic heterocycles. The molecule has 34 heavy (non-hydrogen) atoms. The number of ether oxygens (including phenoxy) is 1. The number of H-pyrrole nitrogens is 1. The van der Waals surface area contributed by atoms with Crippen molar-refractivity contribution in [1.82, 2.24) is 24.7 Å². The summed E-state index contributed by atoms with van der Waals surface area (Å²) in [6.07, 6.45) is 6.62. The third-order valence-corrected chi connectivity index (χ3v) is 6.25. The van der Waals surface area contributed by atoms with Crippen molar-refractivity contribution in [3.8, 4) is 16.9 Å². The molecule has 1 aliphatic heterocycles. The molecule has 0 radical (unpaired) electrons. The summed E-state index contributed by atoms with van der Waals surface area (Å²) in [5, 5.41) is 17.3. The molecule has 1 fully saturated rings. The van der Waals surface area contributed by atoms with Gasteiger partial charge in [-0.15, -0.1) is 0 Å². The molecule has 3 N–H and O–H groups in total. The van der Waals surface area contributed by atoms with Crippen LogP contribution in [0.15, 0.2) is 42.9 Å². The number of rotatable bonds is 5. The Hall–Kier alpha value is -3.92. The Morgan fingerprint density at radius 3 is 2.76 bits per heavy atom. The molecule has 4 heterocycles. The molecule has 4 aromatic rings. The highest BCUT2D eigenvalue weighted by atomic mass is 16.5. The Balaban J connectivity index is 1.41. The van der Waals surface area contributed by atoms with Gasteiger partial charge in [-0.3, -0.25) is 14.8 Å². The number of anilines is 2. The highest BCUT2D eigenvalue weighted by molar-refractivity contribution is 6.05. The molecular weight excluding hydrogens is 434 g/mol. The number of aliphatic hydroxyl groups is 1. The lowest BCUT2D eigenvalue weighted by Crippen LogP contribution is -2.42. The minimum Gasteiger partial charge on any atom is -0.494 e. The van der Waals surface area contributed by atoms with Gasteiger partial charge in [0.25, 0.3) is 5.91 Å². The molecule has 0 saturated carbocycles. The minimum atomic E-state index is -0.650. The van der Waals surface area contributed by atoms with Gasteiger partial charge in [-0.25, -0.2) is 9.97 Å². The molecule has 0 spiro atoms. The van der Waals surface area contributed by atoms with Crippen LogP contribution in [-0.2, 0) is 7.05 Å². The van der Waals surface area contributed by atoms with E-state index in [0.717, 1.165) is 11.1 Å². The van der Waals surface area contributed by atoms with Gasteiger partial charge in [0, 0.05) is 49.2 Å². The number of piperidine rings is 1. The van der Waals surface area contributed by atoms with Gasteiger partial charge < -0.3 is 19.7 Å². The number of carbonyl (C=O) groups excluding carboxylic acids is 1. The maximum Gasteiger partial charge on any atom is 0.258 e. The van der Waals surface area contributed by atoms with Crippen molar-refractivity contribution in [2.75, 3.05) is 30.4 Å². The standard InChI is InChI=1S/C24H27N7O3/c1-24(33)7-10-31(11-8-24)19-12-15(6-9-25-19)22(32)29-23-27-20-17(16-13-26-30(2)14-16)4-5-18(34-3)21(20)28-23/h4-6,9,12-14,33H,7-8,10-11H2,1-3H3,(H2,27,28,29,32). The Labute approximate surface area is 196 Å². The van der Waals surface area contributed by atoms with Crippen LogP contribution in [0.25, 0.3) is 22.2 Å². The number of nitrogens with zero attached hydrogens (tertiary/aromatic N) is 5. The predicted octanol–water partition coefficient (Wildman–Crippen LogP) is 2.97. The first-order chi connectivity index (χ1) is 16.3. The van der Waals surface area contributed by atoms with E-state index in [9.17, 15) is 9.90 Å². The van der Waals surface area contributed by atoms with Crippen LogP contribution in [0.3, 0.4) is 0 Å². The van der Waals surface area contributed by atoms with Crippen LogP contribution in [0.2, 0.25) is 0 Å². The molecule has 1 aliphatic rings. The van der Waals surface area contributed by atoms with Crippen LogP contribution in [0.4, 0.5) is 11.8 Å². The van der Waals surface area contributed by atoms with Gasteiger partial charge in [0.1, 0.15) is 22.6 Å². The van der Waals surface area contributed by atoms with E-state index in [2.05, 4.69) is 30.3 Å². The molecule has 0 unspecified atom stereocenters. The number of hydrogen-bond acceptors (Lipinski definition) is 7. The highest BCUT2D eigenvalue weighted by Gasteiger charge is 2.28. The van der Waals surface area contributed by atoms with Crippen LogP contribution < -0.4 is 15.0 Å². The number of methoxy groups -OCH3 is 1. The van der Waals surface area contributed by atoms with E-state index in [0.29, 0.717) is 60.0 Å². The smallest absolute Gasteiger partial charge is 0.258 e. The Kier molecular flexibility index (Phi) is 5.45. The molecule has 10 heteroatoms. The first kappa shape index (κ1) is 21.9. The molecule has 1 aromatic carbocycles. The van der Waals surface area contributed by atoms with E-state index in [-0.39, 0.29) is 5.91 Å². The summed E-state index contributed by atoms with van der Waals surface area (Å²) in [6, 6.07) is 7.22. The SMILES string of the molecule is COc1ccc(-c2cnn(C)c2)c2nc(NC(=O)c3ccnc(N4CCC(C)(O)CC4)c3)[nH]c12. The van der Waals surface area contributed by atoms with E-state index in [1.165, 1.54) is 0 Å². The van der Waals surface area contributed by atoms with Gasteiger partial charge in [-0.1, -0.05) is 0 Å². The van der Waals surface area contributed by atoms with Gasteiger partial charge in [-0.2, -0.15) is 5.10 Å². The zero-order valence-electron chi connectivity index (χ0n) is 19.4. The zero-order valence-corrected chi connectivity index (χ0v) is 19.4. The quantitative estimate of drug-likeness (QED) is 0.418. The fourth-order valence-corrected chi connectivity index (χ4v) is 4.22. The van der Waals surface area contributed by atoms with Crippen molar-refractivity contribution >= 4 is 28.7 Å². The van der Waals surface area contributed by atoms with Crippen LogP contribution >= 0.6 is 0 Å². The molecule has 1 amide bonds. The number of carbonyl (C=O) groups is 1. The summed E-state index contributed by atoms with van der Waals surface area (Å²) in [4.78, 5) is 27.4. The number of fused-ring (bicyclic) bond motifs is 1. The maximum absolute atomic E-state index is 13.0. The first-order valence-electron chi connectivity index (χ1n) is 11.1. The number of aryl methyl sites for hydroxylation is 1. The fourth-order valence-electron chi connectivity index (χ4n) is 4.22. The van der Waals surface area contributed by atoms with E-state index < -0.39 is 5.60 Å². The largest absolute Gasteiger partial charge is 0.494 e. The summed E-state index contributed by atoms with van der Waals surface area (Å²) in [5.74, 6) is 1.37. The lowest BCUT2D eigenvalue weighted by Gasteiger charge is -2.36. The molecule has 0 bridgehead atoms. The fraction of sp³-hybridized carbons (Fsp3) is 0.333. The van der Waals surface area contributed by atoms with E-state index >= 15 is 0 Å². The van der Waals surface area contributed by atoms with E-state index in [4.69, 9.17) is 4.74 Å². The second-order valence-corrected chi connectivity index (χ2v) is 8.87. The van der Waals surface area contributed by atoms with Gasteiger partial charge in [-0.05, 0) is 44.0 Å². The number of amides is 1. The Bertz CT molecular complexity index is 1350. The summed E-state index contributed by atoms with van der Waals surface area (Å²) >= 11 is 0. The molecule has 10 nitrogen and oxygen atoms in total. The minimum absolute atomic E-state index is 0.298. The second kappa shape index (κ2) is 8.45. The molecular formula is C24H27N7O3. The first-order valence-corrected chi connectivity index (χ1v) is 11.1. The summed E-state index contributed by atoms with van der Waals surface area (Å²) in [5.41, 5.74) is 2.99. The number of hydrogen-bond donors (Lipinski definition) is 3. The third kappa shape index (κ3) is 4.19. The average Bonchev–Trinajstić information content (AvgIpc) is 3.44. The number of pyridine rings is 1. The number of aromatic amines is 1. The van der Waals surface area contributed by atoms with Gasteiger partial charge in [0.15, 0.2) is 0 Å². The number of aromatic nitrogens is 5. The van der Waals surface area contributed by atoms with E-state index in [1.54, 1.807) is 36.3 Å². The van der Waals surface area contributed by atoms with Gasteiger partial charge >= 0.3 is 0 Å². The van der Waals surface area contributed by atoms with Gasteiger partial charge in [0.2, 0.25) is 5.95 Å². The van der Waals surface area contributed by atoms with E-state index in [1.807, 2.05) is 32.3 Å². The maximum atomic E-state index is 13.0. The van der Waals surface area contributed by atoms with Gasteiger partial charge in [0.05, 0.1) is 18.9 Å².